The summed E-state index contributed by atoms with van der Waals surface area (Å²) < 4.78 is 11.6. The smallest absolute Gasteiger partial charge is 0.322 e. The number of benzene rings is 3. The second-order valence-electron chi connectivity index (χ2n) is 9.13. The van der Waals surface area contributed by atoms with E-state index in [2.05, 4.69) is 15.6 Å². The number of nitrogens with one attached hydrogen (secondary N) is 2. The van der Waals surface area contributed by atoms with Crippen molar-refractivity contribution < 1.29 is 34.4 Å². The molecule has 0 aliphatic rings. The fourth-order valence-electron chi connectivity index (χ4n) is 3.99. The number of aromatic nitrogens is 1. The molecular weight excluding hydrogens is 514 g/mol. The van der Waals surface area contributed by atoms with E-state index >= 15 is 0 Å². The van der Waals surface area contributed by atoms with E-state index < -0.39 is 24.5 Å². The molecule has 0 bridgehead atoms. The predicted octanol–water partition coefficient (Wildman–Crippen LogP) is 2.77. The Morgan fingerprint density at radius 1 is 0.950 bits per heavy atom. The lowest BCUT2D eigenvalue weighted by Crippen LogP contribution is -2.41. The first-order valence-corrected chi connectivity index (χ1v) is 12.8. The van der Waals surface area contributed by atoms with Crippen molar-refractivity contribution in [1.29, 1.82) is 0 Å². The number of nitrogens with zero attached hydrogens (tertiary/aromatic N) is 1. The SMILES string of the molecule is O=C(O)CNC(=O)c1ccc2c(Oc3ccc(C[C@@H](CO)NC[C@H](O)COc4ccccc4)cc3)ccnc2c1. The summed E-state index contributed by atoms with van der Waals surface area (Å²) in [5.74, 6) is 0.213. The second-order valence-corrected chi connectivity index (χ2v) is 9.13. The van der Waals surface area contributed by atoms with Crippen LogP contribution in [0, 0.1) is 0 Å². The van der Waals surface area contributed by atoms with Crippen molar-refractivity contribution in [3.63, 3.8) is 0 Å². The second kappa shape index (κ2) is 14.0. The molecule has 40 heavy (non-hydrogen) atoms. The van der Waals surface area contributed by atoms with Crippen molar-refractivity contribution in [2.75, 3.05) is 26.3 Å². The van der Waals surface area contributed by atoms with Gasteiger partial charge in [-0.25, -0.2) is 0 Å². The van der Waals surface area contributed by atoms with Gasteiger partial charge in [0, 0.05) is 29.7 Å². The minimum absolute atomic E-state index is 0.0934. The lowest BCUT2D eigenvalue weighted by Gasteiger charge is -2.19. The molecule has 1 aromatic heterocycles. The third-order valence-corrected chi connectivity index (χ3v) is 6.05. The average Bonchev–Trinajstić information content (AvgIpc) is 2.98. The summed E-state index contributed by atoms with van der Waals surface area (Å²) in [6, 6.07) is 23.1. The molecule has 208 valence electrons. The first-order chi connectivity index (χ1) is 19.4. The third-order valence-electron chi connectivity index (χ3n) is 6.05. The maximum absolute atomic E-state index is 12.2. The Kier molecular flexibility index (Phi) is 10.0. The van der Waals surface area contributed by atoms with Gasteiger partial charge in [-0.15, -0.1) is 0 Å². The minimum Gasteiger partial charge on any atom is -0.491 e. The molecule has 1 heterocycles. The Balaban J connectivity index is 1.31. The first kappa shape index (κ1) is 28.5. The van der Waals surface area contributed by atoms with Crippen molar-refractivity contribution in [3.8, 4) is 17.2 Å². The van der Waals surface area contributed by atoms with Gasteiger partial charge in [0.15, 0.2) is 0 Å². The number of para-hydroxylation sites is 1. The van der Waals surface area contributed by atoms with E-state index in [0.29, 0.717) is 40.1 Å². The van der Waals surface area contributed by atoms with Gasteiger partial charge in [0.25, 0.3) is 5.91 Å². The topological polar surface area (TPSA) is 150 Å². The molecule has 1 amide bonds. The Labute approximate surface area is 231 Å². The van der Waals surface area contributed by atoms with Crippen LogP contribution in [0.4, 0.5) is 0 Å². The van der Waals surface area contributed by atoms with Crippen LogP contribution in [-0.2, 0) is 11.2 Å². The number of amides is 1. The molecule has 4 aromatic rings. The summed E-state index contributed by atoms with van der Waals surface area (Å²) in [5, 5.41) is 35.0. The van der Waals surface area contributed by atoms with Gasteiger partial charge in [-0.1, -0.05) is 30.3 Å². The highest BCUT2D eigenvalue weighted by Gasteiger charge is 2.13. The maximum atomic E-state index is 12.2. The van der Waals surface area contributed by atoms with Crippen LogP contribution in [0.15, 0.2) is 85.1 Å². The lowest BCUT2D eigenvalue weighted by molar-refractivity contribution is -0.135. The van der Waals surface area contributed by atoms with Crippen molar-refractivity contribution in [2.24, 2.45) is 0 Å². The van der Waals surface area contributed by atoms with E-state index in [-0.39, 0.29) is 25.8 Å². The van der Waals surface area contributed by atoms with Gasteiger partial charge in [0.1, 0.15) is 36.5 Å². The zero-order chi connectivity index (χ0) is 28.3. The van der Waals surface area contributed by atoms with Gasteiger partial charge in [0.2, 0.25) is 0 Å². The number of aliphatic hydroxyl groups excluding tert-OH is 2. The number of carbonyl (C=O) groups is 2. The predicted molar refractivity (Wildman–Crippen MR) is 149 cm³/mol. The quantitative estimate of drug-likeness (QED) is 0.161. The van der Waals surface area contributed by atoms with E-state index in [0.717, 1.165) is 5.56 Å². The summed E-state index contributed by atoms with van der Waals surface area (Å²) in [4.78, 5) is 27.2. The van der Waals surface area contributed by atoms with Crippen LogP contribution in [0.25, 0.3) is 10.9 Å². The van der Waals surface area contributed by atoms with Gasteiger partial charge in [0.05, 0.1) is 12.1 Å². The number of carboxylic acids is 1. The fraction of sp³-hybridized carbons (Fsp3) is 0.233. The fourth-order valence-corrected chi connectivity index (χ4v) is 3.99. The van der Waals surface area contributed by atoms with Crippen LogP contribution in [0.3, 0.4) is 0 Å². The van der Waals surface area contributed by atoms with Gasteiger partial charge < -0.3 is 35.4 Å². The number of carbonyl (C=O) groups excluding carboxylic acids is 1. The van der Waals surface area contributed by atoms with E-state index in [9.17, 15) is 19.8 Å². The first-order valence-electron chi connectivity index (χ1n) is 12.8. The van der Waals surface area contributed by atoms with Crippen LogP contribution in [-0.4, -0.2) is 70.6 Å². The third kappa shape index (κ3) is 8.24. The van der Waals surface area contributed by atoms with Gasteiger partial charge in [-0.3, -0.25) is 14.6 Å². The highest BCUT2D eigenvalue weighted by Crippen LogP contribution is 2.29. The Hall–Kier alpha value is -4.51. The molecule has 0 unspecified atom stereocenters. The number of ether oxygens (including phenoxy) is 2. The lowest BCUT2D eigenvalue weighted by atomic mass is 10.1. The Bertz CT molecular complexity index is 1410. The van der Waals surface area contributed by atoms with Crippen molar-refractivity contribution in [3.05, 3.63) is 96.2 Å². The molecule has 10 nitrogen and oxygen atoms in total. The molecule has 10 heteroatoms. The Morgan fingerprint density at radius 2 is 1.73 bits per heavy atom. The zero-order valence-electron chi connectivity index (χ0n) is 21.7. The van der Waals surface area contributed by atoms with Crippen molar-refractivity contribution in [2.45, 2.75) is 18.6 Å². The molecule has 0 radical (unpaired) electrons. The molecule has 0 aliphatic heterocycles. The summed E-state index contributed by atoms with van der Waals surface area (Å²) in [5.41, 5.74) is 1.81. The van der Waals surface area contributed by atoms with Gasteiger partial charge in [-0.2, -0.15) is 0 Å². The van der Waals surface area contributed by atoms with Crippen LogP contribution in [0.1, 0.15) is 15.9 Å². The highest BCUT2D eigenvalue weighted by molar-refractivity contribution is 5.99. The summed E-state index contributed by atoms with van der Waals surface area (Å²) in [7, 11) is 0. The van der Waals surface area contributed by atoms with E-state index in [1.54, 1.807) is 30.5 Å². The minimum atomic E-state index is -1.12. The number of aliphatic hydroxyl groups is 2. The van der Waals surface area contributed by atoms with Crippen LogP contribution in [0.5, 0.6) is 17.2 Å². The number of hydrogen-bond acceptors (Lipinski definition) is 8. The monoisotopic (exact) mass is 545 g/mol. The van der Waals surface area contributed by atoms with Crippen LogP contribution < -0.4 is 20.1 Å². The molecule has 0 saturated heterocycles. The Morgan fingerprint density at radius 3 is 2.45 bits per heavy atom. The van der Waals surface area contributed by atoms with Crippen molar-refractivity contribution >= 4 is 22.8 Å². The largest absolute Gasteiger partial charge is 0.491 e. The molecule has 0 aliphatic carbocycles. The van der Waals surface area contributed by atoms with Crippen LogP contribution in [0.2, 0.25) is 0 Å². The number of pyridine rings is 1. The number of aliphatic carboxylic acids is 1. The average molecular weight is 546 g/mol. The van der Waals surface area contributed by atoms with E-state index in [1.807, 2.05) is 54.6 Å². The van der Waals surface area contributed by atoms with E-state index in [4.69, 9.17) is 14.6 Å². The maximum Gasteiger partial charge on any atom is 0.322 e. The standard InChI is InChI=1S/C30H31N3O7/c34-18-22(32-16-23(35)19-39-24-4-2-1-3-5-24)14-20-6-9-25(10-7-20)40-28-12-13-31-27-15-21(8-11-26(27)28)30(38)33-17-29(36)37/h1-13,15,22-23,32,34-35H,14,16-19H2,(H,33,38)(H,36,37)/t22-,23-/m0/s1. The molecule has 3 aromatic carbocycles. The van der Waals surface area contributed by atoms with Crippen LogP contribution >= 0.6 is 0 Å². The molecule has 0 spiro atoms. The molecule has 0 saturated carbocycles. The molecule has 0 fully saturated rings. The molecular formula is C30H31N3O7. The number of rotatable bonds is 14. The van der Waals surface area contributed by atoms with Gasteiger partial charge >= 0.3 is 5.97 Å². The molecule has 2 atom stereocenters. The summed E-state index contributed by atoms with van der Waals surface area (Å²) >= 11 is 0. The zero-order valence-corrected chi connectivity index (χ0v) is 21.7. The normalized spacial score (nSPS) is 12.4. The molecule has 4 rings (SSSR count). The van der Waals surface area contributed by atoms with Crippen molar-refractivity contribution in [1.82, 2.24) is 15.6 Å². The highest BCUT2D eigenvalue weighted by atomic mass is 16.5. The van der Waals surface area contributed by atoms with Gasteiger partial charge in [-0.05, 0) is 60.5 Å². The summed E-state index contributed by atoms with van der Waals surface area (Å²) in [6.45, 7) is -0.143. The number of fused-ring (bicyclic) bond motifs is 1. The van der Waals surface area contributed by atoms with E-state index in [1.165, 1.54) is 0 Å². The molecule has 5 N–H and O–H groups in total. The number of hydrogen-bond donors (Lipinski definition) is 5. The summed E-state index contributed by atoms with van der Waals surface area (Å²) in [6.07, 6.45) is 1.39. The number of carboxylic acid groups (broad SMARTS) is 1.